The van der Waals surface area contributed by atoms with Gasteiger partial charge in [0.25, 0.3) is 5.56 Å². The Hall–Kier alpha value is -3.20. The number of rotatable bonds is 3. The van der Waals surface area contributed by atoms with Crippen LogP contribution in [0.5, 0.6) is 0 Å². The molecule has 8 nitrogen and oxygen atoms in total. The number of benzene rings is 1. The smallest absolute Gasteiger partial charge is 0.338 e. The van der Waals surface area contributed by atoms with Gasteiger partial charge in [-0.3, -0.25) is 4.79 Å². The van der Waals surface area contributed by atoms with Gasteiger partial charge in [0, 0.05) is 11.8 Å². The number of hydrogen-bond acceptors (Lipinski definition) is 8. The van der Waals surface area contributed by atoms with E-state index in [0.29, 0.717) is 26.7 Å². The normalized spacial score (nSPS) is 11.2. The van der Waals surface area contributed by atoms with Crippen LogP contribution in [0.25, 0.3) is 16.0 Å². The monoisotopic (exact) mass is 381 g/mol. The van der Waals surface area contributed by atoms with Crippen LogP contribution in [0.15, 0.2) is 29.1 Å². The number of carbonyl (C=O) groups excluding carboxylic acids is 1. The summed E-state index contributed by atoms with van der Waals surface area (Å²) in [6.45, 7) is 5.47. The lowest BCUT2D eigenvalue weighted by Gasteiger charge is -2.05. The first-order valence-corrected chi connectivity index (χ1v) is 9.01. The lowest BCUT2D eigenvalue weighted by Crippen LogP contribution is -2.14. The minimum Gasteiger partial charge on any atom is -0.455 e. The van der Waals surface area contributed by atoms with Gasteiger partial charge in [0.1, 0.15) is 6.61 Å². The molecule has 0 aliphatic carbocycles. The molecule has 0 unspecified atom stereocenters. The SMILES string of the molecule is Cc1cc(=O)n2nc(COC(=O)c3ccc4nc(C)c(C)nc4c3)sc2n1. The van der Waals surface area contributed by atoms with Crippen LogP contribution < -0.4 is 5.56 Å². The Balaban J connectivity index is 1.55. The first kappa shape index (κ1) is 17.2. The van der Waals surface area contributed by atoms with E-state index >= 15 is 0 Å². The van der Waals surface area contributed by atoms with Crippen molar-refractivity contribution in [3.8, 4) is 0 Å². The van der Waals surface area contributed by atoms with E-state index < -0.39 is 5.97 Å². The van der Waals surface area contributed by atoms with Gasteiger partial charge >= 0.3 is 5.97 Å². The van der Waals surface area contributed by atoms with Crippen LogP contribution in [-0.2, 0) is 11.3 Å². The van der Waals surface area contributed by atoms with Gasteiger partial charge in [0.15, 0.2) is 5.01 Å². The van der Waals surface area contributed by atoms with E-state index in [1.54, 1.807) is 25.1 Å². The third-order valence-corrected chi connectivity index (χ3v) is 4.93. The summed E-state index contributed by atoms with van der Waals surface area (Å²) in [6, 6.07) is 6.46. The summed E-state index contributed by atoms with van der Waals surface area (Å²) in [5.74, 6) is -0.493. The Bertz CT molecular complexity index is 1260. The van der Waals surface area contributed by atoms with Crippen molar-refractivity contribution in [2.75, 3.05) is 0 Å². The van der Waals surface area contributed by atoms with E-state index in [4.69, 9.17) is 4.74 Å². The fraction of sp³-hybridized carbons (Fsp3) is 0.222. The van der Waals surface area contributed by atoms with Crippen LogP contribution in [0.3, 0.4) is 0 Å². The molecule has 0 spiro atoms. The zero-order chi connectivity index (χ0) is 19.1. The lowest BCUT2D eigenvalue weighted by atomic mass is 10.2. The van der Waals surface area contributed by atoms with Crippen LogP contribution in [-0.4, -0.2) is 30.5 Å². The second-order valence-electron chi connectivity index (χ2n) is 6.10. The summed E-state index contributed by atoms with van der Waals surface area (Å²) in [7, 11) is 0. The molecule has 0 radical (unpaired) electrons. The molecule has 3 heterocycles. The maximum Gasteiger partial charge on any atom is 0.338 e. The second kappa shape index (κ2) is 6.51. The highest BCUT2D eigenvalue weighted by Gasteiger charge is 2.13. The van der Waals surface area contributed by atoms with Gasteiger partial charge in [0.05, 0.1) is 28.0 Å². The zero-order valence-electron chi connectivity index (χ0n) is 14.9. The molecule has 0 atom stereocenters. The Labute approximate surface area is 157 Å². The highest BCUT2D eigenvalue weighted by Crippen LogP contribution is 2.17. The minimum atomic E-state index is -0.493. The van der Waals surface area contributed by atoms with E-state index in [1.165, 1.54) is 21.9 Å². The van der Waals surface area contributed by atoms with Crippen molar-refractivity contribution in [3.05, 3.63) is 62.3 Å². The van der Waals surface area contributed by atoms with Gasteiger partial charge in [-0.15, -0.1) is 0 Å². The van der Waals surface area contributed by atoms with Gasteiger partial charge < -0.3 is 4.74 Å². The van der Waals surface area contributed by atoms with Crippen molar-refractivity contribution in [1.29, 1.82) is 0 Å². The maximum atomic E-state index is 12.4. The molecule has 0 aliphatic rings. The molecule has 9 heteroatoms. The van der Waals surface area contributed by atoms with Gasteiger partial charge in [0.2, 0.25) is 4.96 Å². The van der Waals surface area contributed by atoms with Crippen molar-refractivity contribution >= 4 is 33.3 Å². The second-order valence-corrected chi connectivity index (χ2v) is 7.14. The number of carbonyl (C=O) groups is 1. The average Bonchev–Trinajstić information content (AvgIpc) is 3.03. The Morgan fingerprint density at radius 1 is 1.07 bits per heavy atom. The highest BCUT2D eigenvalue weighted by atomic mass is 32.1. The summed E-state index contributed by atoms with van der Waals surface area (Å²) < 4.78 is 6.54. The van der Waals surface area contributed by atoms with Crippen molar-refractivity contribution < 1.29 is 9.53 Å². The summed E-state index contributed by atoms with van der Waals surface area (Å²) in [4.78, 5) is 37.9. The summed E-state index contributed by atoms with van der Waals surface area (Å²) >= 11 is 1.21. The van der Waals surface area contributed by atoms with Gasteiger partial charge in [-0.1, -0.05) is 11.3 Å². The van der Waals surface area contributed by atoms with Gasteiger partial charge in [-0.25, -0.2) is 19.7 Å². The summed E-state index contributed by atoms with van der Waals surface area (Å²) in [6.07, 6.45) is 0. The van der Waals surface area contributed by atoms with Gasteiger partial charge in [-0.05, 0) is 39.0 Å². The van der Waals surface area contributed by atoms with E-state index in [1.807, 2.05) is 13.8 Å². The molecule has 27 heavy (non-hydrogen) atoms. The van der Waals surface area contributed by atoms with E-state index in [9.17, 15) is 9.59 Å². The van der Waals surface area contributed by atoms with E-state index in [2.05, 4.69) is 20.1 Å². The quantitative estimate of drug-likeness (QED) is 0.502. The largest absolute Gasteiger partial charge is 0.455 e. The van der Waals surface area contributed by atoms with Crippen molar-refractivity contribution in [2.45, 2.75) is 27.4 Å². The predicted octanol–water partition coefficient (Wildman–Crippen LogP) is 2.38. The average molecular weight is 381 g/mol. The summed E-state index contributed by atoms with van der Waals surface area (Å²) in [5.41, 5.74) is 3.77. The van der Waals surface area contributed by atoms with Crippen LogP contribution in [0, 0.1) is 20.8 Å². The predicted molar refractivity (Wildman–Crippen MR) is 100 cm³/mol. The molecule has 136 valence electrons. The molecule has 3 aromatic heterocycles. The number of nitrogens with zero attached hydrogens (tertiary/aromatic N) is 5. The number of hydrogen-bond donors (Lipinski definition) is 0. The van der Waals surface area contributed by atoms with Crippen LogP contribution in [0.2, 0.25) is 0 Å². The lowest BCUT2D eigenvalue weighted by molar-refractivity contribution is 0.0471. The standard InChI is InChI=1S/C18H15N5O3S/c1-9-6-16(24)23-18(19-9)27-15(22-23)8-26-17(25)12-4-5-13-14(7-12)21-11(3)10(2)20-13/h4-7H,8H2,1-3H3. The van der Waals surface area contributed by atoms with Crippen molar-refractivity contribution in [1.82, 2.24) is 24.6 Å². The number of ether oxygens (including phenoxy) is 1. The third-order valence-electron chi connectivity index (χ3n) is 4.05. The number of aryl methyl sites for hydroxylation is 3. The molecular weight excluding hydrogens is 366 g/mol. The zero-order valence-corrected chi connectivity index (χ0v) is 15.7. The molecule has 4 aromatic rings. The maximum absolute atomic E-state index is 12.4. The van der Waals surface area contributed by atoms with E-state index in [-0.39, 0.29) is 12.2 Å². The minimum absolute atomic E-state index is 0.0397. The molecule has 0 bridgehead atoms. The van der Waals surface area contributed by atoms with Crippen molar-refractivity contribution in [2.24, 2.45) is 0 Å². The molecular formula is C18H15N5O3S. The molecule has 4 rings (SSSR count). The first-order valence-electron chi connectivity index (χ1n) is 8.19. The van der Waals surface area contributed by atoms with Crippen LogP contribution in [0.1, 0.15) is 32.4 Å². The first-order chi connectivity index (χ1) is 12.9. The fourth-order valence-electron chi connectivity index (χ4n) is 2.59. The molecule has 0 N–H and O–H groups in total. The highest BCUT2D eigenvalue weighted by molar-refractivity contribution is 7.16. The summed E-state index contributed by atoms with van der Waals surface area (Å²) in [5, 5.41) is 4.64. The number of fused-ring (bicyclic) bond motifs is 2. The van der Waals surface area contributed by atoms with Gasteiger partial charge in [-0.2, -0.15) is 9.61 Å². The molecule has 0 aliphatic heterocycles. The molecule has 0 fully saturated rings. The molecule has 0 saturated heterocycles. The Kier molecular flexibility index (Phi) is 4.15. The Morgan fingerprint density at radius 3 is 2.59 bits per heavy atom. The number of esters is 1. The molecule has 0 saturated carbocycles. The number of aromatic nitrogens is 5. The molecule has 1 aromatic carbocycles. The molecule has 0 amide bonds. The van der Waals surface area contributed by atoms with Crippen molar-refractivity contribution in [3.63, 3.8) is 0 Å². The third kappa shape index (κ3) is 3.28. The van der Waals surface area contributed by atoms with Crippen LogP contribution >= 0.6 is 11.3 Å². The van der Waals surface area contributed by atoms with Crippen LogP contribution in [0.4, 0.5) is 0 Å². The Morgan fingerprint density at radius 2 is 1.81 bits per heavy atom. The fourth-order valence-corrected chi connectivity index (χ4v) is 3.44. The topological polar surface area (TPSA) is 99.3 Å². The van der Waals surface area contributed by atoms with E-state index in [0.717, 1.165) is 16.9 Å².